The van der Waals surface area contributed by atoms with Crippen molar-refractivity contribution in [3.8, 4) is 0 Å². The summed E-state index contributed by atoms with van der Waals surface area (Å²) in [5.41, 5.74) is 6.11. The van der Waals surface area contributed by atoms with Gasteiger partial charge in [-0.2, -0.15) is 0 Å². The number of hydrogen-bond acceptors (Lipinski definition) is 2. The van der Waals surface area contributed by atoms with Gasteiger partial charge in [-0.1, -0.05) is 62.6 Å². The molecule has 5 heteroatoms. The molecular formula is C16H23ClN2OS. The lowest BCUT2D eigenvalue weighted by Crippen LogP contribution is -2.48. The van der Waals surface area contributed by atoms with E-state index >= 15 is 0 Å². The quantitative estimate of drug-likeness (QED) is 0.714. The molecule has 0 unspecified atom stereocenters. The highest BCUT2D eigenvalue weighted by Gasteiger charge is 2.39. The number of carbonyl (C=O) groups excluding carboxylic acids is 1. The van der Waals surface area contributed by atoms with Gasteiger partial charge in [0.25, 0.3) is 0 Å². The Balaban J connectivity index is 2.83. The molecule has 116 valence electrons. The lowest BCUT2D eigenvalue weighted by atomic mass is 9.78. The zero-order valence-corrected chi connectivity index (χ0v) is 14.2. The molecule has 0 saturated carbocycles. The number of rotatable bonds is 8. The van der Waals surface area contributed by atoms with Gasteiger partial charge in [0.2, 0.25) is 5.91 Å². The molecule has 0 aliphatic rings. The van der Waals surface area contributed by atoms with Crippen LogP contribution in [0.3, 0.4) is 0 Å². The zero-order chi connectivity index (χ0) is 15.9. The fraction of sp³-hybridized carbons (Fsp3) is 0.500. The van der Waals surface area contributed by atoms with Crippen LogP contribution >= 0.6 is 23.8 Å². The maximum absolute atomic E-state index is 12.6. The first kappa shape index (κ1) is 17.9. The summed E-state index contributed by atoms with van der Waals surface area (Å²) in [5.74, 6) is -0.0846. The fourth-order valence-electron chi connectivity index (χ4n) is 2.56. The Hall–Kier alpha value is -1.13. The first-order valence-corrected chi connectivity index (χ1v) is 8.07. The number of carbonyl (C=O) groups is 1. The summed E-state index contributed by atoms with van der Waals surface area (Å²) in [6.07, 6.45) is 3.08. The van der Waals surface area contributed by atoms with E-state index in [4.69, 9.17) is 29.6 Å². The number of nitrogens with two attached hydrogens (primary N) is 1. The molecule has 3 nitrogen and oxygen atoms in total. The van der Waals surface area contributed by atoms with Gasteiger partial charge in [0.1, 0.15) is 0 Å². The number of nitrogens with one attached hydrogen (secondary N) is 1. The van der Waals surface area contributed by atoms with Crippen LogP contribution in [0.15, 0.2) is 24.3 Å². The smallest absolute Gasteiger partial charge is 0.233 e. The van der Waals surface area contributed by atoms with Crippen molar-refractivity contribution in [1.29, 1.82) is 0 Å². The largest absolute Gasteiger partial charge is 0.392 e. The molecule has 21 heavy (non-hydrogen) atoms. The van der Waals surface area contributed by atoms with Crippen LogP contribution in [0.5, 0.6) is 0 Å². The second-order valence-corrected chi connectivity index (χ2v) is 6.14. The highest BCUT2D eigenvalue weighted by Crippen LogP contribution is 2.31. The maximum atomic E-state index is 12.6. The van der Waals surface area contributed by atoms with Gasteiger partial charge >= 0.3 is 0 Å². The molecule has 0 heterocycles. The molecule has 1 rings (SSSR count). The van der Waals surface area contributed by atoms with E-state index in [1.54, 1.807) is 6.07 Å². The molecule has 0 aliphatic carbocycles. The minimum atomic E-state index is -0.739. The molecular weight excluding hydrogens is 304 g/mol. The standard InChI is InChI=1S/C16H23ClN2OS/c1-3-8-16(9-4-2,14(18)21)15(20)19-11-12-6-5-7-13(17)10-12/h5-7,10H,3-4,8-9,11H2,1-2H3,(H2,18,21)(H,19,20). The van der Waals surface area contributed by atoms with Crippen LogP contribution in [0.1, 0.15) is 45.1 Å². The van der Waals surface area contributed by atoms with E-state index in [1.807, 2.05) is 32.0 Å². The number of halogens is 1. The summed E-state index contributed by atoms with van der Waals surface area (Å²) >= 11 is 11.1. The van der Waals surface area contributed by atoms with Crippen molar-refractivity contribution >= 4 is 34.7 Å². The molecule has 0 spiro atoms. The Kier molecular flexibility index (Phi) is 7.12. The summed E-state index contributed by atoms with van der Waals surface area (Å²) in [6.45, 7) is 4.50. The van der Waals surface area contributed by atoms with Crippen LogP contribution in [0.25, 0.3) is 0 Å². The Morgan fingerprint density at radius 1 is 1.33 bits per heavy atom. The lowest BCUT2D eigenvalue weighted by Gasteiger charge is -2.31. The second kappa shape index (κ2) is 8.35. The van der Waals surface area contributed by atoms with Crippen molar-refractivity contribution in [2.24, 2.45) is 11.1 Å². The predicted molar refractivity (Wildman–Crippen MR) is 92.3 cm³/mol. The van der Waals surface area contributed by atoms with Gasteiger partial charge in [-0.15, -0.1) is 0 Å². The summed E-state index contributed by atoms with van der Waals surface area (Å²) in [4.78, 5) is 12.9. The predicted octanol–water partition coefficient (Wildman–Crippen LogP) is 3.83. The number of amides is 1. The third-order valence-electron chi connectivity index (χ3n) is 3.60. The van der Waals surface area contributed by atoms with Crippen molar-refractivity contribution < 1.29 is 4.79 Å². The van der Waals surface area contributed by atoms with Crippen LogP contribution < -0.4 is 11.1 Å². The second-order valence-electron chi connectivity index (χ2n) is 5.26. The van der Waals surface area contributed by atoms with Crippen LogP contribution in [0.2, 0.25) is 5.02 Å². The van der Waals surface area contributed by atoms with Crippen LogP contribution in [0, 0.1) is 5.41 Å². The average Bonchev–Trinajstić information content (AvgIpc) is 2.44. The third kappa shape index (κ3) is 4.68. The summed E-state index contributed by atoms with van der Waals surface area (Å²) in [6, 6.07) is 7.43. The van der Waals surface area contributed by atoms with Crippen molar-refractivity contribution in [3.63, 3.8) is 0 Å². The van der Waals surface area contributed by atoms with E-state index in [-0.39, 0.29) is 10.9 Å². The Morgan fingerprint density at radius 3 is 2.43 bits per heavy atom. The van der Waals surface area contributed by atoms with Gasteiger partial charge in [-0.05, 0) is 30.5 Å². The van der Waals surface area contributed by atoms with E-state index in [1.165, 1.54) is 0 Å². The Bertz CT molecular complexity index is 499. The summed E-state index contributed by atoms with van der Waals surface area (Å²) in [7, 11) is 0. The van der Waals surface area contributed by atoms with E-state index in [0.29, 0.717) is 24.4 Å². The molecule has 1 aromatic rings. The van der Waals surface area contributed by atoms with Crippen LogP contribution in [0.4, 0.5) is 0 Å². The third-order valence-corrected chi connectivity index (χ3v) is 4.23. The van der Waals surface area contributed by atoms with E-state index < -0.39 is 5.41 Å². The molecule has 0 atom stereocenters. The van der Waals surface area contributed by atoms with Gasteiger partial charge in [0.15, 0.2) is 0 Å². The highest BCUT2D eigenvalue weighted by molar-refractivity contribution is 7.80. The van der Waals surface area contributed by atoms with E-state index in [9.17, 15) is 4.79 Å². The van der Waals surface area contributed by atoms with Gasteiger partial charge in [0.05, 0.1) is 10.4 Å². The minimum Gasteiger partial charge on any atom is -0.392 e. The van der Waals surface area contributed by atoms with Gasteiger partial charge < -0.3 is 11.1 Å². The highest BCUT2D eigenvalue weighted by atomic mass is 35.5. The molecule has 0 fully saturated rings. The van der Waals surface area contributed by atoms with Crippen molar-refractivity contribution in [1.82, 2.24) is 5.32 Å². The molecule has 0 aromatic heterocycles. The summed E-state index contributed by atoms with van der Waals surface area (Å²) < 4.78 is 0. The number of thiocarbonyl (C=S) groups is 1. The Labute approximate surface area is 137 Å². The van der Waals surface area contributed by atoms with Crippen LogP contribution in [-0.4, -0.2) is 10.9 Å². The molecule has 1 aromatic carbocycles. The number of benzene rings is 1. The molecule has 3 N–H and O–H groups in total. The monoisotopic (exact) mass is 326 g/mol. The fourth-order valence-corrected chi connectivity index (χ4v) is 3.07. The molecule has 0 saturated heterocycles. The van der Waals surface area contributed by atoms with Crippen molar-refractivity contribution in [2.75, 3.05) is 0 Å². The van der Waals surface area contributed by atoms with Gasteiger partial charge in [0, 0.05) is 11.6 Å². The zero-order valence-electron chi connectivity index (χ0n) is 12.6. The first-order chi connectivity index (χ1) is 9.96. The minimum absolute atomic E-state index is 0.0846. The number of hydrogen-bond donors (Lipinski definition) is 2. The maximum Gasteiger partial charge on any atom is 0.233 e. The van der Waals surface area contributed by atoms with Gasteiger partial charge in [-0.25, -0.2) is 0 Å². The van der Waals surface area contributed by atoms with Crippen LogP contribution in [-0.2, 0) is 11.3 Å². The first-order valence-electron chi connectivity index (χ1n) is 7.29. The molecule has 0 bridgehead atoms. The van der Waals surface area contributed by atoms with E-state index in [2.05, 4.69) is 5.32 Å². The van der Waals surface area contributed by atoms with Crippen molar-refractivity contribution in [2.45, 2.75) is 46.1 Å². The average molecular weight is 327 g/mol. The molecule has 0 aliphatic heterocycles. The normalized spacial score (nSPS) is 11.2. The topological polar surface area (TPSA) is 55.1 Å². The van der Waals surface area contributed by atoms with E-state index in [0.717, 1.165) is 18.4 Å². The summed E-state index contributed by atoms with van der Waals surface area (Å²) in [5, 5.41) is 3.61. The van der Waals surface area contributed by atoms with Gasteiger partial charge in [-0.3, -0.25) is 4.79 Å². The molecule has 1 amide bonds. The van der Waals surface area contributed by atoms with Crippen molar-refractivity contribution in [3.05, 3.63) is 34.9 Å². The Morgan fingerprint density at radius 2 is 1.95 bits per heavy atom. The SMILES string of the molecule is CCCC(CCC)(C(=O)NCc1cccc(Cl)c1)C(N)=S. The molecule has 0 radical (unpaired) electrons. The lowest BCUT2D eigenvalue weighted by molar-refractivity contribution is -0.128.